The Labute approximate surface area is 93.9 Å². The van der Waals surface area contributed by atoms with Crippen molar-refractivity contribution in [1.82, 2.24) is 0 Å². The molecule has 0 saturated carbocycles. The highest BCUT2D eigenvalue weighted by atomic mass is 32.2. The standard InChI is InChI=1S/C12H17NOS/c1-2-15(13)10-6-9-14-11-12-7-4-3-5-8-12/h3-9,13H,2,10-11H2,1H3/b9-6+. The molecule has 1 aromatic rings. The van der Waals surface area contributed by atoms with Gasteiger partial charge in [0.15, 0.2) is 0 Å². The predicted molar refractivity (Wildman–Crippen MR) is 65.9 cm³/mol. The second-order valence-corrected chi connectivity index (χ2v) is 5.01. The maximum Gasteiger partial charge on any atom is 0.112 e. The van der Waals surface area contributed by atoms with Crippen LogP contribution >= 0.6 is 0 Å². The van der Waals surface area contributed by atoms with E-state index in [-0.39, 0.29) is 10.7 Å². The van der Waals surface area contributed by atoms with Crippen molar-refractivity contribution in [3.8, 4) is 0 Å². The first kappa shape index (κ1) is 12.0. The van der Waals surface area contributed by atoms with E-state index in [4.69, 9.17) is 9.52 Å². The van der Waals surface area contributed by atoms with E-state index < -0.39 is 0 Å². The molecule has 15 heavy (non-hydrogen) atoms. The second kappa shape index (κ2) is 7.23. The van der Waals surface area contributed by atoms with Crippen molar-refractivity contribution in [2.75, 3.05) is 11.5 Å². The van der Waals surface area contributed by atoms with Gasteiger partial charge in [-0.3, -0.25) is 4.78 Å². The van der Waals surface area contributed by atoms with Crippen LogP contribution in [0.15, 0.2) is 42.7 Å². The van der Waals surface area contributed by atoms with Gasteiger partial charge in [-0.25, -0.2) is 0 Å². The molecule has 0 radical (unpaired) electrons. The van der Waals surface area contributed by atoms with Crippen LogP contribution in [0.2, 0.25) is 0 Å². The summed E-state index contributed by atoms with van der Waals surface area (Å²) < 4.78 is 12.9. The van der Waals surface area contributed by atoms with Gasteiger partial charge in [0.1, 0.15) is 6.61 Å². The minimum atomic E-state index is -0.242. The van der Waals surface area contributed by atoms with E-state index in [0.29, 0.717) is 6.61 Å². The maximum atomic E-state index is 7.54. The molecule has 0 amide bonds. The third kappa shape index (κ3) is 5.37. The van der Waals surface area contributed by atoms with E-state index in [9.17, 15) is 0 Å². The van der Waals surface area contributed by atoms with Gasteiger partial charge in [-0.1, -0.05) is 37.3 Å². The third-order valence-corrected chi connectivity index (χ3v) is 3.22. The highest BCUT2D eigenvalue weighted by Gasteiger charge is 1.88. The topological polar surface area (TPSA) is 33.1 Å². The van der Waals surface area contributed by atoms with Crippen LogP contribution in [0.4, 0.5) is 0 Å². The SMILES string of the molecule is CCS(=N)C/C=C/OCc1ccccc1. The lowest BCUT2D eigenvalue weighted by Gasteiger charge is -2.00. The van der Waals surface area contributed by atoms with Crippen molar-refractivity contribution in [2.24, 2.45) is 0 Å². The van der Waals surface area contributed by atoms with Crippen LogP contribution in [0.1, 0.15) is 12.5 Å². The molecule has 1 rings (SSSR count). The molecule has 3 heteroatoms. The molecule has 0 bridgehead atoms. The summed E-state index contributed by atoms with van der Waals surface area (Å²) in [6.45, 7) is 2.64. The summed E-state index contributed by atoms with van der Waals surface area (Å²) in [4.78, 5) is 0. The van der Waals surface area contributed by atoms with E-state index in [1.165, 1.54) is 5.56 Å². The minimum absolute atomic E-state index is 0.242. The zero-order valence-electron chi connectivity index (χ0n) is 8.98. The van der Waals surface area contributed by atoms with Gasteiger partial charge in [0.2, 0.25) is 0 Å². The summed E-state index contributed by atoms with van der Waals surface area (Å²) in [6, 6.07) is 10.1. The first-order valence-electron chi connectivity index (χ1n) is 5.02. The lowest BCUT2D eigenvalue weighted by molar-refractivity contribution is 0.236. The molecular weight excluding hydrogens is 206 g/mol. The molecule has 82 valence electrons. The molecular formula is C12H17NOS. The molecule has 0 aliphatic heterocycles. The average molecular weight is 223 g/mol. The van der Waals surface area contributed by atoms with Crippen molar-refractivity contribution in [3.05, 3.63) is 48.2 Å². The summed E-state index contributed by atoms with van der Waals surface area (Å²) in [6.07, 6.45) is 3.64. The van der Waals surface area contributed by atoms with Gasteiger partial charge < -0.3 is 4.74 Å². The lowest BCUT2D eigenvalue weighted by atomic mass is 10.2. The molecule has 0 spiro atoms. The normalized spacial score (nSPS) is 12.9. The Hall–Kier alpha value is -1.09. The highest BCUT2D eigenvalue weighted by molar-refractivity contribution is 7.86. The Morgan fingerprint density at radius 3 is 2.73 bits per heavy atom. The van der Waals surface area contributed by atoms with E-state index in [1.807, 2.05) is 43.3 Å². The Bertz CT molecular complexity index is 322. The molecule has 1 atom stereocenters. The largest absolute Gasteiger partial charge is 0.497 e. The molecule has 1 unspecified atom stereocenters. The van der Waals surface area contributed by atoms with Gasteiger partial charge in [0, 0.05) is 11.5 Å². The molecule has 0 saturated heterocycles. The summed E-state index contributed by atoms with van der Waals surface area (Å²) in [7, 11) is -0.242. The van der Waals surface area contributed by atoms with Gasteiger partial charge in [-0.05, 0) is 11.6 Å². The second-order valence-electron chi connectivity index (χ2n) is 3.12. The van der Waals surface area contributed by atoms with Crippen LogP contribution in [0.3, 0.4) is 0 Å². The fourth-order valence-electron chi connectivity index (χ4n) is 1.06. The van der Waals surface area contributed by atoms with Gasteiger partial charge in [0.25, 0.3) is 0 Å². The number of benzene rings is 1. The molecule has 0 heterocycles. The van der Waals surface area contributed by atoms with Crippen LogP contribution in [0.5, 0.6) is 0 Å². The van der Waals surface area contributed by atoms with E-state index >= 15 is 0 Å². The third-order valence-electron chi connectivity index (χ3n) is 1.93. The highest BCUT2D eigenvalue weighted by Crippen LogP contribution is 2.00. The van der Waals surface area contributed by atoms with Crippen molar-refractivity contribution in [3.63, 3.8) is 0 Å². The molecule has 0 aliphatic rings. The van der Waals surface area contributed by atoms with Crippen LogP contribution in [0.25, 0.3) is 0 Å². The van der Waals surface area contributed by atoms with E-state index in [0.717, 1.165) is 11.5 Å². The van der Waals surface area contributed by atoms with Gasteiger partial charge in [0.05, 0.1) is 6.26 Å². The molecule has 0 aliphatic carbocycles. The zero-order chi connectivity index (χ0) is 10.9. The number of nitrogens with one attached hydrogen (secondary N) is 1. The van der Waals surface area contributed by atoms with Crippen molar-refractivity contribution < 1.29 is 4.74 Å². The fraction of sp³-hybridized carbons (Fsp3) is 0.333. The lowest BCUT2D eigenvalue weighted by Crippen LogP contribution is -1.94. The Morgan fingerprint density at radius 2 is 2.07 bits per heavy atom. The zero-order valence-corrected chi connectivity index (χ0v) is 9.80. The van der Waals surface area contributed by atoms with Crippen LogP contribution < -0.4 is 0 Å². The Morgan fingerprint density at radius 1 is 1.33 bits per heavy atom. The summed E-state index contributed by atoms with van der Waals surface area (Å²) in [5.74, 6) is 1.72. The molecule has 2 nitrogen and oxygen atoms in total. The Balaban J connectivity index is 2.19. The van der Waals surface area contributed by atoms with Gasteiger partial charge >= 0.3 is 0 Å². The summed E-state index contributed by atoms with van der Waals surface area (Å²) >= 11 is 0. The van der Waals surface area contributed by atoms with Crippen molar-refractivity contribution in [1.29, 1.82) is 4.78 Å². The van der Waals surface area contributed by atoms with Crippen LogP contribution in [-0.4, -0.2) is 11.5 Å². The fourth-order valence-corrected chi connectivity index (χ4v) is 1.61. The monoisotopic (exact) mass is 223 g/mol. The maximum absolute atomic E-state index is 7.54. The summed E-state index contributed by atoms with van der Waals surface area (Å²) in [5, 5.41) is 0. The first-order chi connectivity index (χ1) is 7.33. The summed E-state index contributed by atoms with van der Waals surface area (Å²) in [5.41, 5.74) is 1.17. The molecule has 0 aromatic heterocycles. The first-order valence-corrected chi connectivity index (χ1v) is 6.58. The van der Waals surface area contributed by atoms with E-state index in [2.05, 4.69) is 0 Å². The average Bonchev–Trinajstić information content (AvgIpc) is 2.29. The van der Waals surface area contributed by atoms with Crippen molar-refractivity contribution in [2.45, 2.75) is 13.5 Å². The predicted octanol–water partition coefficient (Wildman–Crippen LogP) is 3.12. The molecule has 1 aromatic carbocycles. The van der Waals surface area contributed by atoms with Gasteiger partial charge in [-0.2, -0.15) is 0 Å². The Kier molecular flexibility index (Phi) is 5.78. The quantitative estimate of drug-likeness (QED) is 0.738. The molecule has 0 fully saturated rings. The smallest absolute Gasteiger partial charge is 0.112 e. The minimum Gasteiger partial charge on any atom is -0.497 e. The molecule has 1 N–H and O–H groups in total. The van der Waals surface area contributed by atoms with E-state index in [1.54, 1.807) is 6.26 Å². The number of hydrogen-bond donors (Lipinski definition) is 1. The van der Waals surface area contributed by atoms with Gasteiger partial charge in [-0.15, -0.1) is 10.7 Å². The van der Waals surface area contributed by atoms with Crippen molar-refractivity contribution >= 4 is 10.7 Å². The number of hydrogen-bond acceptors (Lipinski definition) is 2. The number of ether oxygens (including phenoxy) is 1. The van der Waals surface area contributed by atoms with Crippen LogP contribution in [-0.2, 0) is 22.0 Å². The van der Waals surface area contributed by atoms with Crippen LogP contribution in [0, 0.1) is 4.78 Å². The number of rotatable bonds is 6.